The van der Waals surface area contributed by atoms with Crippen molar-refractivity contribution in [1.29, 1.82) is 10.5 Å². The van der Waals surface area contributed by atoms with E-state index >= 15 is 0 Å². The number of alkyl halides is 9. The third-order valence-electron chi connectivity index (χ3n) is 5.30. The molecule has 0 spiro atoms. The van der Waals surface area contributed by atoms with Gasteiger partial charge < -0.3 is 14.2 Å². The maximum atomic E-state index is 13.4. The summed E-state index contributed by atoms with van der Waals surface area (Å²) in [5.74, 6) is -4.97. The summed E-state index contributed by atoms with van der Waals surface area (Å²) in [6.45, 7) is 15.3. The molecule has 1 aromatic rings. The molecule has 2 aliphatic rings. The number of fused-ring (bicyclic) bond motifs is 2. The summed E-state index contributed by atoms with van der Waals surface area (Å²) in [5.41, 5.74) is -4.38. The first-order chi connectivity index (χ1) is 17.5. The van der Waals surface area contributed by atoms with Gasteiger partial charge in [0, 0.05) is 34.8 Å². The van der Waals surface area contributed by atoms with Gasteiger partial charge in [0.15, 0.2) is 0 Å². The van der Waals surface area contributed by atoms with Crippen LogP contribution >= 0.6 is 0 Å². The van der Waals surface area contributed by atoms with Crippen molar-refractivity contribution < 1.29 is 53.7 Å². The summed E-state index contributed by atoms with van der Waals surface area (Å²) < 4.78 is 132. The molecular weight excluding hydrogens is 539 g/mol. The Morgan fingerprint density at radius 2 is 1.16 bits per heavy atom. The summed E-state index contributed by atoms with van der Waals surface area (Å²) in [7, 11) is 0. The predicted octanol–water partition coefficient (Wildman–Crippen LogP) is 4.81. The van der Waals surface area contributed by atoms with Gasteiger partial charge in [-0.2, -0.15) is 20.2 Å². The molecule has 7 nitrogen and oxygen atoms in total. The van der Waals surface area contributed by atoms with Crippen molar-refractivity contribution in [1.82, 2.24) is 0 Å². The van der Waals surface area contributed by atoms with Crippen LogP contribution in [-0.4, -0.2) is 19.1 Å². The van der Waals surface area contributed by atoms with Crippen LogP contribution < -0.4 is 19.9 Å². The molecule has 38 heavy (non-hydrogen) atoms. The van der Waals surface area contributed by atoms with Crippen LogP contribution in [0, 0.1) is 35.8 Å². The predicted molar refractivity (Wildman–Crippen MR) is 105 cm³/mol. The molecule has 0 amide bonds. The van der Waals surface area contributed by atoms with E-state index in [1.165, 1.54) is 12.1 Å². The maximum Gasteiger partial charge on any atom is 0.573 e. The average Bonchev–Trinajstić information content (AvgIpc) is 3.29. The third-order valence-corrected chi connectivity index (χ3v) is 5.30. The van der Waals surface area contributed by atoms with Crippen LogP contribution in [0.4, 0.5) is 39.5 Å². The normalized spacial score (nSPS) is 14.6. The number of allylic oxidation sites excluding steroid dienone is 2. The van der Waals surface area contributed by atoms with Crippen molar-refractivity contribution in [2.75, 3.05) is 0 Å². The molecule has 2 aliphatic carbocycles. The lowest BCUT2D eigenvalue weighted by molar-refractivity contribution is -0.291. The Morgan fingerprint density at radius 3 is 1.58 bits per heavy atom. The van der Waals surface area contributed by atoms with Gasteiger partial charge in [0.2, 0.25) is 0 Å². The van der Waals surface area contributed by atoms with Crippen LogP contribution in [0.5, 0.6) is 11.5 Å². The third kappa shape index (κ3) is 5.16. The lowest BCUT2D eigenvalue weighted by atomic mass is 10.0. The molecule has 0 bridgehead atoms. The van der Waals surface area contributed by atoms with Crippen molar-refractivity contribution in [3.05, 3.63) is 66.9 Å². The topological polar surface area (TPSA) is 84.0 Å². The van der Waals surface area contributed by atoms with Gasteiger partial charge in [0.05, 0.1) is 10.8 Å². The Morgan fingerprint density at radius 1 is 0.737 bits per heavy atom. The van der Waals surface area contributed by atoms with Crippen LogP contribution in [0.15, 0.2) is 22.5 Å². The van der Waals surface area contributed by atoms with Gasteiger partial charge in [-0.1, -0.05) is 0 Å². The molecule has 0 atom stereocenters. The second-order valence-corrected chi connectivity index (χ2v) is 7.42. The minimum Gasteiger partial charge on any atom is -0.405 e. The van der Waals surface area contributed by atoms with Gasteiger partial charge in [0.1, 0.15) is 48.1 Å². The number of halogens is 9. The minimum absolute atomic E-state index is 0.299. The number of hydrogen-bond acceptors (Lipinski definition) is 5. The van der Waals surface area contributed by atoms with E-state index in [0.717, 1.165) is 6.92 Å². The summed E-state index contributed by atoms with van der Waals surface area (Å²) in [5, 5.41) is 16.4. The molecule has 0 unspecified atom stereocenters. The highest BCUT2D eigenvalue weighted by Gasteiger charge is 2.45. The molecule has 0 radical (unpaired) electrons. The fraction of sp³-hybridized carbons (Fsp3) is 0.273. The smallest absolute Gasteiger partial charge is 0.405 e. The minimum atomic E-state index is -5.63. The van der Waals surface area contributed by atoms with Gasteiger partial charge in [-0.05, 0) is 12.5 Å². The highest BCUT2D eigenvalue weighted by Crippen LogP contribution is 2.42. The molecule has 196 valence electrons. The van der Waals surface area contributed by atoms with E-state index < -0.39 is 87.7 Å². The number of benzene rings is 1. The van der Waals surface area contributed by atoms with Crippen molar-refractivity contribution in [3.8, 4) is 23.6 Å². The first-order valence-corrected chi connectivity index (χ1v) is 9.68. The van der Waals surface area contributed by atoms with Crippen LogP contribution in [0.2, 0.25) is 0 Å². The largest absolute Gasteiger partial charge is 0.573 e. The van der Waals surface area contributed by atoms with E-state index in [2.05, 4.69) is 23.9 Å². The van der Waals surface area contributed by atoms with E-state index in [1.807, 2.05) is 0 Å². The monoisotopic (exact) mass is 546 g/mol. The molecule has 0 N–H and O–H groups in total. The van der Waals surface area contributed by atoms with Crippen LogP contribution in [0.25, 0.3) is 21.0 Å². The summed E-state index contributed by atoms with van der Waals surface area (Å²) >= 11 is 0. The Labute approximate surface area is 205 Å². The van der Waals surface area contributed by atoms with Crippen LogP contribution in [0.1, 0.15) is 18.1 Å². The lowest BCUT2D eigenvalue weighted by Crippen LogP contribution is -2.32. The summed E-state index contributed by atoms with van der Waals surface area (Å²) in [4.78, 5) is 5.80. The number of ether oxygens (including phenoxy) is 3. The van der Waals surface area contributed by atoms with Gasteiger partial charge in [-0.3, -0.25) is 0 Å². The Kier molecular flexibility index (Phi) is 6.75. The molecule has 1 aromatic carbocycles. The SMILES string of the molecule is [C-]#[N+]C([N+]#[C-])=C1Cc2c(OC(F)(F)F)c3c(c(OC(F)(F)F)c2=C1C)CC(=C(C#N)C#N)C=3OC(F)(F)F. The maximum absolute atomic E-state index is 13.4. The first kappa shape index (κ1) is 27.8. The van der Waals surface area contributed by atoms with Gasteiger partial charge in [-0.25, -0.2) is 0 Å². The average molecular weight is 546 g/mol. The molecule has 0 saturated heterocycles. The molecule has 0 saturated carbocycles. The van der Waals surface area contributed by atoms with E-state index in [9.17, 15) is 50.0 Å². The number of hydrogen-bond donors (Lipinski definition) is 0. The van der Waals surface area contributed by atoms with Crippen molar-refractivity contribution in [3.63, 3.8) is 0 Å². The van der Waals surface area contributed by atoms with Crippen LogP contribution in [0.3, 0.4) is 0 Å². The zero-order chi connectivity index (χ0) is 28.8. The van der Waals surface area contributed by atoms with Gasteiger partial charge in [-0.15, -0.1) is 39.5 Å². The first-order valence-electron chi connectivity index (χ1n) is 9.68. The van der Waals surface area contributed by atoms with Gasteiger partial charge in [0.25, 0.3) is 0 Å². The highest BCUT2D eigenvalue weighted by atomic mass is 19.4. The molecule has 0 heterocycles. The molecule has 3 rings (SSSR count). The molecule has 0 aliphatic heterocycles. The fourth-order valence-electron chi connectivity index (χ4n) is 4.10. The van der Waals surface area contributed by atoms with E-state index in [0.29, 0.717) is 0 Å². The number of nitriles is 2. The number of rotatable bonds is 3. The van der Waals surface area contributed by atoms with E-state index in [1.54, 1.807) is 0 Å². The van der Waals surface area contributed by atoms with E-state index in [-0.39, 0.29) is 11.1 Å². The Bertz CT molecular complexity index is 1570. The molecule has 16 heteroatoms. The lowest BCUT2D eigenvalue weighted by Gasteiger charge is -2.18. The quantitative estimate of drug-likeness (QED) is 0.309. The zero-order valence-electron chi connectivity index (χ0n) is 18.3. The highest BCUT2D eigenvalue weighted by molar-refractivity contribution is 5.81. The standard InChI is InChI=1S/C22H7F9N4O3/c1-8-10(19(34-2)35-3)4-12-14(8)17(37-21(26,27)28)13-5-11(9(6-32)7-33)16(36-20(23,24)25)15(13)18(12)38-22(29,30)31/h4-5H2,1H3. The fourth-order valence-corrected chi connectivity index (χ4v) is 4.10. The Balaban J connectivity index is 2.71. The second kappa shape index (κ2) is 9.24. The zero-order valence-corrected chi connectivity index (χ0v) is 18.3. The second-order valence-electron chi connectivity index (χ2n) is 7.42. The van der Waals surface area contributed by atoms with Gasteiger partial charge >= 0.3 is 24.9 Å². The molecule has 0 fully saturated rings. The molecule has 0 aromatic heterocycles. The van der Waals surface area contributed by atoms with Crippen molar-refractivity contribution >= 4 is 11.3 Å². The van der Waals surface area contributed by atoms with Crippen molar-refractivity contribution in [2.45, 2.75) is 38.9 Å². The Hall–Kier alpha value is -4.83. The van der Waals surface area contributed by atoms with Crippen LogP contribution in [-0.2, 0) is 17.6 Å². The molecular formula is C22H7F9N4O3. The number of nitrogens with zero attached hydrogens (tertiary/aromatic N) is 4. The summed E-state index contributed by atoms with van der Waals surface area (Å²) in [6.07, 6.45) is -18.7. The van der Waals surface area contributed by atoms with E-state index in [4.69, 9.17) is 13.1 Å². The summed E-state index contributed by atoms with van der Waals surface area (Å²) in [6, 6.07) is 2.46. The van der Waals surface area contributed by atoms with Crippen molar-refractivity contribution in [2.24, 2.45) is 0 Å².